The summed E-state index contributed by atoms with van der Waals surface area (Å²) in [6.45, 7) is 9.03. The summed E-state index contributed by atoms with van der Waals surface area (Å²) in [7, 11) is 3.84. The molecule has 1 amide bonds. The number of hydrogen-bond acceptors (Lipinski definition) is 5. The predicted molar refractivity (Wildman–Crippen MR) is 79.1 cm³/mol. The van der Waals surface area contributed by atoms with Gasteiger partial charge in [-0.1, -0.05) is 0 Å². The summed E-state index contributed by atoms with van der Waals surface area (Å²) in [6, 6.07) is 0. The first-order valence-electron chi connectivity index (χ1n) is 7.03. The van der Waals surface area contributed by atoms with Crippen molar-refractivity contribution < 1.29 is 19.0 Å². The number of methoxy groups -OCH3 is 1. The van der Waals surface area contributed by atoms with Gasteiger partial charge in [0.1, 0.15) is 0 Å². The van der Waals surface area contributed by atoms with Gasteiger partial charge in [0.2, 0.25) is 0 Å². The molecule has 1 aliphatic heterocycles. The summed E-state index contributed by atoms with van der Waals surface area (Å²) < 4.78 is 15.6. The number of carbonyl (C=O) groups is 2. The molecule has 118 valence electrons. The average molecular weight is 296 g/mol. The van der Waals surface area contributed by atoms with Gasteiger partial charge in [0, 0.05) is 0 Å². The summed E-state index contributed by atoms with van der Waals surface area (Å²) in [4.78, 5) is 28.4. The molecule has 0 bridgehead atoms. The minimum atomic E-state index is -1.06. The van der Waals surface area contributed by atoms with Crippen LogP contribution in [-0.4, -0.2) is 66.0 Å². The molecule has 0 aliphatic carbocycles. The van der Waals surface area contributed by atoms with Gasteiger partial charge in [-0.2, -0.15) is 0 Å². The van der Waals surface area contributed by atoms with Crippen molar-refractivity contribution in [3.63, 3.8) is 0 Å². The van der Waals surface area contributed by atoms with Crippen molar-refractivity contribution in [1.29, 1.82) is 0 Å². The van der Waals surface area contributed by atoms with Gasteiger partial charge in [-0.25, -0.2) is 0 Å². The Morgan fingerprint density at radius 2 is 1.95 bits per heavy atom. The number of carbonyl (C=O) groups excluding carboxylic acids is 2. The van der Waals surface area contributed by atoms with Crippen LogP contribution in [0.1, 0.15) is 41.0 Å². The second-order valence-electron chi connectivity index (χ2n) is 7.00. The number of rotatable bonds is 5. The molecule has 0 aromatic carbocycles. The van der Waals surface area contributed by atoms with E-state index in [2.05, 4.69) is 0 Å². The Balaban J connectivity index is 3.27. The van der Waals surface area contributed by atoms with E-state index in [0.29, 0.717) is 6.42 Å². The summed E-state index contributed by atoms with van der Waals surface area (Å²) in [6.07, 6.45) is 0.703. The quantitative estimate of drug-likeness (QED) is 0.550. The number of likely N-dealkylation sites (tertiary alicyclic amines) is 1. The zero-order valence-electron chi connectivity index (χ0n) is 14.0. The van der Waals surface area contributed by atoms with Crippen LogP contribution in [0, 0.1) is 0 Å². The molecule has 1 heterocycles. The normalized spacial score (nSPS) is 25.1. The topological polar surface area (TPSA) is 66.9 Å². The Morgan fingerprint density at radius 1 is 1.43 bits per heavy atom. The molecule has 1 fully saturated rings. The van der Waals surface area contributed by atoms with Gasteiger partial charge in [0.15, 0.2) is 0 Å². The van der Waals surface area contributed by atoms with Crippen LogP contribution < -0.4 is 0 Å². The van der Waals surface area contributed by atoms with Crippen LogP contribution in [0.25, 0.3) is 0 Å². The summed E-state index contributed by atoms with van der Waals surface area (Å²) in [5.41, 5.74) is -2.38. The van der Waals surface area contributed by atoms with Crippen molar-refractivity contribution >= 4 is 19.0 Å². The molecule has 0 spiro atoms. The van der Waals surface area contributed by atoms with E-state index in [4.69, 9.17) is 4.74 Å². The molecule has 1 aliphatic rings. The molecule has 7 heteroatoms. The summed E-state index contributed by atoms with van der Waals surface area (Å²) in [5.74, 6) is -0.613. The van der Waals surface area contributed by atoms with Crippen LogP contribution in [0.4, 0.5) is 0 Å². The van der Waals surface area contributed by atoms with Gasteiger partial charge in [0.25, 0.3) is 0 Å². The first-order valence-corrected chi connectivity index (χ1v) is 7.03. The first kappa shape index (κ1) is 17.8. The van der Waals surface area contributed by atoms with Gasteiger partial charge in [-0.3, -0.25) is 0 Å². The third-order valence-corrected chi connectivity index (χ3v) is 4.48. The third-order valence-electron chi connectivity index (χ3n) is 4.48. The maximum absolute atomic E-state index is 13.0. The van der Waals surface area contributed by atoms with E-state index in [1.54, 1.807) is 30.7 Å². The predicted octanol–water partition coefficient (Wildman–Crippen LogP) is 0.647. The van der Waals surface area contributed by atoms with Crippen molar-refractivity contribution in [2.24, 2.45) is 0 Å². The second kappa shape index (κ2) is 5.52. The average Bonchev–Trinajstić information content (AvgIpc) is 2.55. The van der Waals surface area contributed by atoms with Crippen LogP contribution in [0.2, 0.25) is 0 Å². The van der Waals surface area contributed by atoms with Crippen molar-refractivity contribution in [3.05, 3.63) is 0 Å². The molecular weight excluding hydrogens is 271 g/mol. The van der Waals surface area contributed by atoms with Crippen LogP contribution in [0.5, 0.6) is 0 Å². The molecule has 1 atom stereocenters. The molecule has 1 unspecified atom stereocenters. The molecular formula is C14H25BN2O4. The van der Waals surface area contributed by atoms with E-state index in [1.165, 1.54) is 7.11 Å². The molecule has 0 saturated carbocycles. The number of ether oxygens (including phenoxy) is 1. The van der Waals surface area contributed by atoms with Crippen LogP contribution in [0.3, 0.4) is 0 Å². The van der Waals surface area contributed by atoms with E-state index < -0.39 is 22.6 Å². The monoisotopic (exact) mass is 296 g/mol. The Bertz CT molecular complexity index is 464. The number of esters is 1. The minimum absolute atomic E-state index is 0.160. The standard InChI is InChI=1S/C14H25BN2O4/c1-12(2)8-14(5,16(6)9-15-20)10(18)17(12)13(3,4)11(19)21-7/h8-9H2,1-7H3. The van der Waals surface area contributed by atoms with E-state index in [0.717, 1.165) is 7.15 Å². The molecule has 1 saturated heterocycles. The van der Waals surface area contributed by atoms with Crippen molar-refractivity contribution in [1.82, 2.24) is 9.80 Å². The Morgan fingerprint density at radius 3 is 2.38 bits per heavy atom. The maximum atomic E-state index is 13.0. The molecule has 1 rings (SSSR count). The third kappa shape index (κ3) is 2.75. The molecule has 0 N–H and O–H groups in total. The van der Waals surface area contributed by atoms with Gasteiger partial charge in [-0.05, 0) is 0 Å². The molecule has 0 aromatic rings. The van der Waals surface area contributed by atoms with Crippen molar-refractivity contribution in [2.75, 3.05) is 20.6 Å². The SMILES string of the molecule is COC(=O)C(C)(C)N1C(=O)C(C)(N(C)CB=O)CC1(C)C. The molecule has 0 radical (unpaired) electrons. The van der Waals surface area contributed by atoms with E-state index in [9.17, 15) is 14.3 Å². The van der Waals surface area contributed by atoms with Gasteiger partial charge in [0.05, 0.1) is 0 Å². The Hall–Kier alpha value is -1.24. The molecule has 0 aromatic heterocycles. The number of nitrogens with zero attached hydrogens (tertiary/aromatic N) is 2. The number of amides is 1. The zero-order valence-corrected chi connectivity index (χ0v) is 14.0. The fourth-order valence-corrected chi connectivity index (χ4v) is 3.48. The number of likely N-dealkylation sites (N-methyl/N-ethyl adjacent to an activating group) is 1. The zero-order chi connectivity index (χ0) is 16.6. The van der Waals surface area contributed by atoms with Crippen LogP contribution >= 0.6 is 0 Å². The van der Waals surface area contributed by atoms with Crippen molar-refractivity contribution in [2.45, 2.75) is 57.7 Å². The molecule has 21 heavy (non-hydrogen) atoms. The van der Waals surface area contributed by atoms with Gasteiger partial charge >= 0.3 is 126 Å². The van der Waals surface area contributed by atoms with Crippen LogP contribution in [-0.2, 0) is 19.0 Å². The van der Waals surface area contributed by atoms with E-state index in [-0.39, 0.29) is 12.4 Å². The summed E-state index contributed by atoms with van der Waals surface area (Å²) >= 11 is 0. The fraction of sp³-hybridized carbons (Fsp3) is 0.857. The number of hydrogen-bond donors (Lipinski definition) is 0. The van der Waals surface area contributed by atoms with Gasteiger partial charge < -0.3 is 0 Å². The van der Waals surface area contributed by atoms with E-state index in [1.807, 2.05) is 20.8 Å². The summed E-state index contributed by atoms with van der Waals surface area (Å²) in [5, 5.41) is 0. The molecule has 6 nitrogen and oxygen atoms in total. The van der Waals surface area contributed by atoms with Crippen LogP contribution in [0.15, 0.2) is 0 Å². The second-order valence-corrected chi connectivity index (χ2v) is 7.00. The van der Waals surface area contributed by atoms with Gasteiger partial charge in [-0.15, -0.1) is 0 Å². The fourth-order valence-electron chi connectivity index (χ4n) is 3.48. The Kier molecular flexibility index (Phi) is 4.68. The van der Waals surface area contributed by atoms with Crippen molar-refractivity contribution in [3.8, 4) is 0 Å². The first-order chi connectivity index (χ1) is 9.45. The van der Waals surface area contributed by atoms with E-state index >= 15 is 0 Å². The Labute approximate surface area is 127 Å².